The number of hydrogen-bond donors (Lipinski definition) is 1. The van der Waals surface area contributed by atoms with E-state index in [9.17, 15) is 8.78 Å². The molecule has 3 rings (SSSR count). The highest BCUT2D eigenvalue weighted by molar-refractivity contribution is 5.81. The predicted molar refractivity (Wildman–Crippen MR) is 61.4 cm³/mol. The molecule has 0 atom stereocenters. The fraction of sp³-hybridized carbons (Fsp3) is 0. The molecule has 4 heteroatoms. The number of halogens is 2. The quantitative estimate of drug-likeness (QED) is 0.680. The molecule has 84 valence electrons. The summed E-state index contributed by atoms with van der Waals surface area (Å²) in [6.07, 6.45) is 1.58. The van der Waals surface area contributed by atoms with Crippen molar-refractivity contribution in [3.8, 4) is 11.1 Å². The molecule has 1 heterocycles. The Morgan fingerprint density at radius 3 is 2.71 bits per heavy atom. The van der Waals surface area contributed by atoms with Crippen LogP contribution in [-0.4, -0.2) is 9.97 Å². The van der Waals surface area contributed by atoms with E-state index in [-0.39, 0.29) is 0 Å². The Labute approximate surface area is 95.9 Å². The minimum absolute atomic E-state index is 0.378. The van der Waals surface area contributed by atoms with Gasteiger partial charge in [-0.25, -0.2) is 13.8 Å². The second-order valence-electron chi connectivity index (χ2n) is 3.76. The van der Waals surface area contributed by atoms with Crippen LogP contribution in [0.2, 0.25) is 0 Å². The maximum atomic E-state index is 13.6. The van der Waals surface area contributed by atoms with Crippen LogP contribution in [0.1, 0.15) is 0 Å². The van der Waals surface area contributed by atoms with Gasteiger partial charge in [0.2, 0.25) is 0 Å². The zero-order chi connectivity index (χ0) is 11.8. The minimum Gasteiger partial charge on any atom is -0.345 e. The standard InChI is InChI=1S/C13H8F2N2/c14-9-2-3-10(11(15)6-9)8-1-4-12-13(5-8)17-7-16-12/h1-7H,(H,16,17). The summed E-state index contributed by atoms with van der Waals surface area (Å²) in [6.45, 7) is 0. The Hall–Kier alpha value is -2.23. The summed E-state index contributed by atoms with van der Waals surface area (Å²) < 4.78 is 26.4. The predicted octanol–water partition coefficient (Wildman–Crippen LogP) is 3.51. The topological polar surface area (TPSA) is 28.7 Å². The van der Waals surface area contributed by atoms with Crippen LogP contribution in [0.5, 0.6) is 0 Å². The summed E-state index contributed by atoms with van der Waals surface area (Å²) in [4.78, 5) is 7.03. The van der Waals surface area contributed by atoms with Gasteiger partial charge in [-0.05, 0) is 29.8 Å². The second kappa shape index (κ2) is 3.66. The van der Waals surface area contributed by atoms with Gasteiger partial charge in [-0.15, -0.1) is 0 Å². The monoisotopic (exact) mass is 230 g/mol. The van der Waals surface area contributed by atoms with Crippen LogP contribution in [0, 0.1) is 11.6 Å². The number of aromatic nitrogens is 2. The minimum atomic E-state index is -0.575. The van der Waals surface area contributed by atoms with Crippen LogP contribution in [0.3, 0.4) is 0 Å². The number of nitrogens with zero attached hydrogens (tertiary/aromatic N) is 1. The lowest BCUT2D eigenvalue weighted by Gasteiger charge is -2.03. The molecule has 1 aromatic heterocycles. The van der Waals surface area contributed by atoms with Gasteiger partial charge in [0.05, 0.1) is 17.4 Å². The van der Waals surface area contributed by atoms with Gasteiger partial charge in [0.1, 0.15) is 11.6 Å². The van der Waals surface area contributed by atoms with Crippen molar-refractivity contribution in [2.24, 2.45) is 0 Å². The molecule has 17 heavy (non-hydrogen) atoms. The molecule has 2 nitrogen and oxygen atoms in total. The number of H-pyrrole nitrogens is 1. The van der Waals surface area contributed by atoms with Crippen molar-refractivity contribution in [1.29, 1.82) is 0 Å². The van der Waals surface area contributed by atoms with Gasteiger partial charge in [-0.1, -0.05) is 6.07 Å². The lowest BCUT2D eigenvalue weighted by Crippen LogP contribution is -1.86. The summed E-state index contributed by atoms with van der Waals surface area (Å²) in [6, 6.07) is 8.91. The highest BCUT2D eigenvalue weighted by Crippen LogP contribution is 2.25. The molecule has 0 amide bonds. The maximum Gasteiger partial charge on any atom is 0.133 e. The number of benzene rings is 2. The smallest absolute Gasteiger partial charge is 0.133 e. The fourth-order valence-corrected chi connectivity index (χ4v) is 1.83. The normalized spacial score (nSPS) is 10.9. The van der Waals surface area contributed by atoms with Gasteiger partial charge in [-0.2, -0.15) is 0 Å². The zero-order valence-electron chi connectivity index (χ0n) is 8.74. The molecule has 0 unspecified atom stereocenters. The average Bonchev–Trinajstić information content (AvgIpc) is 2.75. The molecule has 0 fully saturated rings. The molecule has 0 saturated heterocycles. The van der Waals surface area contributed by atoms with Gasteiger partial charge < -0.3 is 4.98 Å². The molecule has 0 spiro atoms. The van der Waals surface area contributed by atoms with Crippen molar-refractivity contribution >= 4 is 11.0 Å². The van der Waals surface area contributed by atoms with E-state index in [0.29, 0.717) is 11.1 Å². The summed E-state index contributed by atoms with van der Waals surface area (Å²) in [7, 11) is 0. The van der Waals surface area contributed by atoms with E-state index in [1.54, 1.807) is 24.5 Å². The molecular formula is C13H8F2N2. The Morgan fingerprint density at radius 2 is 1.88 bits per heavy atom. The van der Waals surface area contributed by atoms with E-state index in [4.69, 9.17) is 0 Å². The van der Waals surface area contributed by atoms with E-state index in [1.807, 2.05) is 0 Å². The number of imidazole rings is 1. The summed E-state index contributed by atoms with van der Waals surface area (Å²) in [5.74, 6) is -1.14. The van der Waals surface area contributed by atoms with Gasteiger partial charge in [0, 0.05) is 11.6 Å². The van der Waals surface area contributed by atoms with Gasteiger partial charge in [-0.3, -0.25) is 0 Å². The Balaban J connectivity index is 2.19. The Morgan fingerprint density at radius 1 is 1.00 bits per heavy atom. The molecule has 0 bridgehead atoms. The van der Waals surface area contributed by atoms with Crippen molar-refractivity contribution in [2.45, 2.75) is 0 Å². The number of rotatable bonds is 1. The third kappa shape index (κ3) is 1.67. The number of aromatic amines is 1. The molecule has 3 aromatic rings. The highest BCUT2D eigenvalue weighted by atomic mass is 19.1. The van der Waals surface area contributed by atoms with Crippen molar-refractivity contribution in [1.82, 2.24) is 9.97 Å². The highest BCUT2D eigenvalue weighted by Gasteiger charge is 2.07. The summed E-state index contributed by atoms with van der Waals surface area (Å²) >= 11 is 0. The summed E-state index contributed by atoms with van der Waals surface area (Å²) in [5, 5.41) is 0. The molecule has 0 aliphatic carbocycles. The van der Waals surface area contributed by atoms with Crippen molar-refractivity contribution in [2.75, 3.05) is 0 Å². The van der Waals surface area contributed by atoms with Crippen LogP contribution in [0.25, 0.3) is 22.2 Å². The molecule has 1 N–H and O–H groups in total. The molecule has 0 aliphatic rings. The SMILES string of the molecule is Fc1ccc(-c2ccc3nc[nH]c3c2)c(F)c1. The lowest BCUT2D eigenvalue weighted by atomic mass is 10.0. The van der Waals surface area contributed by atoms with Gasteiger partial charge >= 0.3 is 0 Å². The molecule has 0 saturated carbocycles. The van der Waals surface area contributed by atoms with Crippen LogP contribution in [0.4, 0.5) is 8.78 Å². The van der Waals surface area contributed by atoms with Crippen LogP contribution in [-0.2, 0) is 0 Å². The first-order chi connectivity index (χ1) is 8.24. The average molecular weight is 230 g/mol. The largest absolute Gasteiger partial charge is 0.345 e. The van der Waals surface area contributed by atoms with Gasteiger partial charge in [0.25, 0.3) is 0 Å². The van der Waals surface area contributed by atoms with E-state index in [1.165, 1.54) is 12.1 Å². The fourth-order valence-electron chi connectivity index (χ4n) is 1.83. The Bertz CT molecular complexity index is 689. The third-order valence-electron chi connectivity index (χ3n) is 2.66. The van der Waals surface area contributed by atoms with Crippen molar-refractivity contribution in [3.05, 3.63) is 54.4 Å². The van der Waals surface area contributed by atoms with E-state index in [2.05, 4.69) is 9.97 Å². The molecule has 0 radical (unpaired) electrons. The van der Waals surface area contributed by atoms with Crippen molar-refractivity contribution < 1.29 is 8.78 Å². The first-order valence-electron chi connectivity index (χ1n) is 5.12. The van der Waals surface area contributed by atoms with Crippen LogP contribution >= 0.6 is 0 Å². The summed E-state index contributed by atoms with van der Waals surface area (Å²) in [5.41, 5.74) is 2.71. The molecular weight excluding hydrogens is 222 g/mol. The third-order valence-corrected chi connectivity index (χ3v) is 2.66. The van der Waals surface area contributed by atoms with Crippen LogP contribution in [0.15, 0.2) is 42.7 Å². The van der Waals surface area contributed by atoms with Crippen LogP contribution < -0.4 is 0 Å². The first-order valence-corrected chi connectivity index (χ1v) is 5.12. The van der Waals surface area contributed by atoms with Gasteiger partial charge in [0.15, 0.2) is 0 Å². The van der Waals surface area contributed by atoms with E-state index < -0.39 is 11.6 Å². The Kier molecular flexibility index (Phi) is 2.14. The zero-order valence-corrected chi connectivity index (χ0v) is 8.74. The second-order valence-corrected chi connectivity index (χ2v) is 3.76. The van der Waals surface area contributed by atoms with E-state index in [0.717, 1.165) is 17.1 Å². The van der Waals surface area contributed by atoms with E-state index >= 15 is 0 Å². The molecule has 2 aromatic carbocycles. The first kappa shape index (κ1) is 9.96. The number of hydrogen-bond acceptors (Lipinski definition) is 1. The molecule has 0 aliphatic heterocycles. The van der Waals surface area contributed by atoms with Crippen molar-refractivity contribution in [3.63, 3.8) is 0 Å². The lowest BCUT2D eigenvalue weighted by molar-refractivity contribution is 0.585. The maximum absolute atomic E-state index is 13.6. The number of nitrogens with one attached hydrogen (secondary N) is 1. The number of fused-ring (bicyclic) bond motifs is 1.